The van der Waals surface area contributed by atoms with E-state index in [0.717, 1.165) is 16.9 Å². The van der Waals surface area contributed by atoms with Crippen LogP contribution in [0.15, 0.2) is 30.3 Å². The van der Waals surface area contributed by atoms with Gasteiger partial charge >= 0.3 is 12.1 Å². The van der Waals surface area contributed by atoms with Gasteiger partial charge in [-0.25, -0.2) is 14.5 Å². The van der Waals surface area contributed by atoms with Gasteiger partial charge in [-0.15, -0.1) is 0 Å². The predicted octanol–water partition coefficient (Wildman–Crippen LogP) is 1.31. The highest BCUT2D eigenvalue weighted by Crippen LogP contribution is 2.07. The summed E-state index contributed by atoms with van der Waals surface area (Å²) in [6, 6.07) is 9.13. The normalized spacial score (nSPS) is 12.0. The summed E-state index contributed by atoms with van der Waals surface area (Å²) in [4.78, 5) is 25.1. The number of nitrogens with zero attached hydrogens (tertiary/aromatic N) is 2. The van der Waals surface area contributed by atoms with Gasteiger partial charge in [-0.1, -0.05) is 30.3 Å². The fraction of sp³-hybridized carbons (Fsp3) is 0.429. The quantitative estimate of drug-likeness (QED) is 0.881. The summed E-state index contributed by atoms with van der Waals surface area (Å²) in [6.45, 7) is 0.193. The second kappa shape index (κ2) is 7.49. The van der Waals surface area contributed by atoms with Crippen LogP contribution in [0.5, 0.6) is 0 Å². The maximum Gasteiger partial charge on any atom is 0.417 e. The number of urea groups is 1. The average Bonchev–Trinajstić information content (AvgIpc) is 2.42. The Morgan fingerprint density at radius 3 is 2.30 bits per heavy atom. The fourth-order valence-corrected chi connectivity index (χ4v) is 1.63. The molecule has 1 atom stereocenters. The van der Waals surface area contributed by atoms with Crippen LogP contribution in [0.1, 0.15) is 5.56 Å². The van der Waals surface area contributed by atoms with Crippen LogP contribution in [0.2, 0.25) is 0 Å². The number of carbonyl (C=O) groups excluding carboxylic acids is 2. The van der Waals surface area contributed by atoms with Gasteiger partial charge in [-0.2, -0.15) is 0 Å². The minimum atomic E-state index is -0.834. The third-order valence-electron chi connectivity index (χ3n) is 3.05. The summed E-state index contributed by atoms with van der Waals surface area (Å²) in [7, 11) is 5.12. The molecule has 0 saturated carbocycles. The van der Waals surface area contributed by atoms with Crippen molar-refractivity contribution in [3.63, 3.8) is 0 Å². The summed E-state index contributed by atoms with van der Waals surface area (Å²) in [6.07, 6.45) is 0.0129. The fourth-order valence-electron chi connectivity index (χ4n) is 1.63. The Balaban J connectivity index is 2.56. The lowest BCUT2D eigenvalue weighted by molar-refractivity contribution is 0.0902. The van der Waals surface area contributed by atoms with Gasteiger partial charge in [0.15, 0.2) is 0 Å². The number of nitrogens with two attached hydrogens (primary N) is 1. The first-order valence-electron chi connectivity index (χ1n) is 6.32. The van der Waals surface area contributed by atoms with Crippen LogP contribution in [-0.4, -0.2) is 55.7 Å². The first-order chi connectivity index (χ1) is 9.41. The molecule has 0 heterocycles. The molecule has 0 radical (unpaired) electrons. The Kier molecular flexibility index (Phi) is 5.99. The zero-order valence-electron chi connectivity index (χ0n) is 12.1. The highest BCUT2D eigenvalue weighted by molar-refractivity contribution is 5.89. The van der Waals surface area contributed by atoms with E-state index in [0.29, 0.717) is 0 Å². The highest BCUT2D eigenvalue weighted by atomic mass is 16.6. The summed E-state index contributed by atoms with van der Waals surface area (Å²) in [5.74, 6) is 0. The monoisotopic (exact) mass is 279 g/mol. The number of rotatable bonds is 5. The molecule has 0 bridgehead atoms. The van der Waals surface area contributed by atoms with Gasteiger partial charge in [0.05, 0.1) is 0 Å². The molecule has 6 nitrogen and oxygen atoms in total. The van der Waals surface area contributed by atoms with E-state index in [9.17, 15) is 9.59 Å². The second-order valence-corrected chi connectivity index (χ2v) is 4.78. The summed E-state index contributed by atoms with van der Waals surface area (Å²) >= 11 is 0. The van der Waals surface area contributed by atoms with Gasteiger partial charge in [0.2, 0.25) is 0 Å². The lowest BCUT2D eigenvalue weighted by Crippen LogP contribution is -2.41. The zero-order chi connectivity index (χ0) is 15.1. The van der Waals surface area contributed by atoms with E-state index in [-0.39, 0.29) is 12.6 Å². The Bertz CT molecular complexity index is 448. The third kappa shape index (κ3) is 4.89. The molecule has 1 aromatic rings. The minimum Gasteiger partial charge on any atom is -0.447 e. The van der Waals surface area contributed by atoms with E-state index in [1.165, 1.54) is 7.05 Å². The van der Waals surface area contributed by atoms with Gasteiger partial charge in [0, 0.05) is 13.1 Å². The predicted molar refractivity (Wildman–Crippen MR) is 76.3 cm³/mol. The van der Waals surface area contributed by atoms with Crippen molar-refractivity contribution in [3.8, 4) is 0 Å². The smallest absolute Gasteiger partial charge is 0.417 e. The van der Waals surface area contributed by atoms with Crippen molar-refractivity contribution in [3.05, 3.63) is 35.9 Å². The van der Waals surface area contributed by atoms with Gasteiger partial charge < -0.3 is 15.4 Å². The van der Waals surface area contributed by atoms with Gasteiger partial charge in [0.25, 0.3) is 0 Å². The molecule has 1 rings (SSSR count). The van der Waals surface area contributed by atoms with Crippen molar-refractivity contribution in [2.45, 2.75) is 12.5 Å². The van der Waals surface area contributed by atoms with Gasteiger partial charge in [-0.05, 0) is 26.1 Å². The molecule has 6 heteroatoms. The molecule has 0 aliphatic heterocycles. The van der Waals surface area contributed by atoms with Crippen LogP contribution < -0.4 is 5.73 Å². The van der Waals surface area contributed by atoms with Crippen molar-refractivity contribution in [2.24, 2.45) is 5.73 Å². The van der Waals surface area contributed by atoms with Crippen LogP contribution in [0, 0.1) is 0 Å². The Hall–Kier alpha value is -2.08. The largest absolute Gasteiger partial charge is 0.447 e. The maximum absolute atomic E-state index is 11.5. The lowest BCUT2D eigenvalue weighted by atomic mass is 10.1. The highest BCUT2D eigenvalue weighted by Gasteiger charge is 2.19. The molecule has 0 aliphatic carbocycles. The van der Waals surface area contributed by atoms with E-state index >= 15 is 0 Å². The molecule has 0 aromatic heterocycles. The van der Waals surface area contributed by atoms with Gasteiger partial charge in [0.1, 0.15) is 6.61 Å². The topological polar surface area (TPSA) is 75.9 Å². The summed E-state index contributed by atoms with van der Waals surface area (Å²) in [5, 5.41) is 0. The van der Waals surface area contributed by atoms with Crippen LogP contribution in [0.4, 0.5) is 9.59 Å². The molecule has 0 unspecified atom stereocenters. The summed E-state index contributed by atoms with van der Waals surface area (Å²) < 4.78 is 5.11. The molecule has 3 amide bonds. The number of amides is 3. The third-order valence-corrected chi connectivity index (χ3v) is 3.05. The van der Waals surface area contributed by atoms with Crippen molar-refractivity contribution in [1.29, 1.82) is 0 Å². The van der Waals surface area contributed by atoms with E-state index in [4.69, 9.17) is 10.5 Å². The number of hydrogen-bond donors (Lipinski definition) is 1. The number of likely N-dealkylation sites (N-methyl/N-ethyl adjacent to an activating group) is 1. The van der Waals surface area contributed by atoms with Crippen molar-refractivity contribution >= 4 is 12.1 Å². The average molecular weight is 279 g/mol. The number of benzene rings is 1. The molecule has 0 saturated heterocycles. The van der Waals surface area contributed by atoms with E-state index < -0.39 is 12.1 Å². The van der Waals surface area contributed by atoms with Crippen LogP contribution >= 0.6 is 0 Å². The van der Waals surface area contributed by atoms with Crippen LogP contribution in [0.3, 0.4) is 0 Å². The summed E-state index contributed by atoms with van der Waals surface area (Å²) in [5.41, 5.74) is 6.16. The van der Waals surface area contributed by atoms with E-state index in [1.54, 1.807) is 0 Å². The van der Waals surface area contributed by atoms with E-state index in [1.807, 2.05) is 49.3 Å². The minimum absolute atomic E-state index is 0.0302. The Morgan fingerprint density at radius 1 is 1.20 bits per heavy atom. The standard InChI is InChI=1S/C14H21N3O3/c1-16(2)12(9-11-7-5-4-6-8-11)10-20-14(19)17(3)13(15)18/h4-8,12H,9-10H2,1-3H3,(H2,15,18)/t12-/m1/s1. The number of primary amides is 1. The molecule has 0 spiro atoms. The molecular formula is C14H21N3O3. The molecule has 0 aliphatic rings. The molecule has 1 aromatic carbocycles. The van der Waals surface area contributed by atoms with Crippen molar-refractivity contribution in [2.75, 3.05) is 27.7 Å². The number of carbonyl (C=O) groups is 2. The first-order valence-corrected chi connectivity index (χ1v) is 6.32. The number of hydrogen-bond acceptors (Lipinski definition) is 4. The molecule has 20 heavy (non-hydrogen) atoms. The van der Waals surface area contributed by atoms with Crippen molar-refractivity contribution < 1.29 is 14.3 Å². The number of ether oxygens (including phenoxy) is 1. The first kappa shape index (κ1) is 16.0. The Morgan fingerprint density at radius 2 is 1.80 bits per heavy atom. The molecule has 110 valence electrons. The molecule has 2 N–H and O–H groups in total. The molecule has 0 fully saturated rings. The van der Waals surface area contributed by atoms with Crippen LogP contribution in [-0.2, 0) is 11.2 Å². The van der Waals surface area contributed by atoms with Gasteiger partial charge in [-0.3, -0.25) is 0 Å². The maximum atomic E-state index is 11.5. The van der Waals surface area contributed by atoms with Crippen molar-refractivity contribution in [1.82, 2.24) is 9.80 Å². The molecular weight excluding hydrogens is 258 g/mol. The van der Waals surface area contributed by atoms with E-state index in [2.05, 4.69) is 0 Å². The second-order valence-electron chi connectivity index (χ2n) is 4.78. The zero-order valence-corrected chi connectivity index (χ0v) is 12.1. The Labute approximate surface area is 119 Å². The number of imide groups is 1. The SMILES string of the molecule is CN(C(N)=O)C(=O)OC[C@@H](Cc1ccccc1)N(C)C. The van der Waals surface area contributed by atoms with Crippen LogP contribution in [0.25, 0.3) is 0 Å². The lowest BCUT2D eigenvalue weighted by Gasteiger charge is -2.24.